The Balaban J connectivity index is 2.06. The molecule has 1 saturated heterocycles. The predicted molar refractivity (Wildman–Crippen MR) is 83.4 cm³/mol. The Bertz CT molecular complexity index is 328. The smallest absolute Gasteiger partial charge is 0.0309 e. The van der Waals surface area contributed by atoms with Crippen LogP contribution in [-0.4, -0.2) is 36.1 Å². The van der Waals surface area contributed by atoms with Crippen LogP contribution in [0.2, 0.25) is 0 Å². The molecule has 2 heteroatoms. The van der Waals surface area contributed by atoms with E-state index in [1.54, 1.807) is 0 Å². The first-order valence-corrected chi connectivity index (χ1v) is 8.08. The van der Waals surface area contributed by atoms with E-state index < -0.39 is 0 Å². The number of piperazine rings is 1. The average molecular weight is 264 g/mol. The second kappa shape index (κ2) is 5.97. The summed E-state index contributed by atoms with van der Waals surface area (Å²) in [6.45, 7) is 15.1. The third kappa shape index (κ3) is 3.61. The zero-order chi connectivity index (χ0) is 14.0. The lowest BCUT2D eigenvalue weighted by Gasteiger charge is -2.48. The maximum Gasteiger partial charge on any atom is 0.0309 e. The topological polar surface area (TPSA) is 15.3 Å². The zero-order valence-electron chi connectivity index (χ0n) is 13.5. The second-order valence-corrected chi connectivity index (χ2v) is 7.24. The first-order chi connectivity index (χ1) is 8.96. The van der Waals surface area contributed by atoms with Crippen molar-refractivity contribution in [1.82, 2.24) is 10.2 Å². The maximum absolute atomic E-state index is 3.88. The van der Waals surface area contributed by atoms with Gasteiger partial charge in [0.1, 0.15) is 0 Å². The van der Waals surface area contributed by atoms with Gasteiger partial charge in [0.2, 0.25) is 0 Å². The highest BCUT2D eigenvalue weighted by Crippen LogP contribution is 2.41. The standard InChI is InChI=1S/C17H32N2/c1-6-14(4)16-11-18-17(5,15-7-8-15)12-19(16)10-9-13(2)3/h9,14-16,18H,6-8,10-12H2,1-5H3. The number of hydrogen-bond donors (Lipinski definition) is 1. The molecule has 2 fully saturated rings. The van der Waals surface area contributed by atoms with E-state index >= 15 is 0 Å². The molecule has 3 atom stereocenters. The van der Waals surface area contributed by atoms with Crippen LogP contribution in [0, 0.1) is 11.8 Å². The van der Waals surface area contributed by atoms with Crippen molar-refractivity contribution < 1.29 is 0 Å². The lowest BCUT2D eigenvalue weighted by atomic mass is 9.87. The van der Waals surface area contributed by atoms with Crippen molar-refractivity contribution >= 4 is 0 Å². The van der Waals surface area contributed by atoms with Gasteiger partial charge in [-0.3, -0.25) is 4.90 Å². The number of hydrogen-bond acceptors (Lipinski definition) is 2. The van der Waals surface area contributed by atoms with Gasteiger partial charge in [-0.2, -0.15) is 0 Å². The molecule has 3 unspecified atom stereocenters. The van der Waals surface area contributed by atoms with Crippen LogP contribution >= 0.6 is 0 Å². The summed E-state index contributed by atoms with van der Waals surface area (Å²) in [6, 6.07) is 0.701. The molecule has 0 spiro atoms. The third-order valence-electron chi connectivity index (χ3n) is 5.23. The summed E-state index contributed by atoms with van der Waals surface area (Å²) in [5.41, 5.74) is 1.80. The van der Waals surface area contributed by atoms with Crippen molar-refractivity contribution in [2.75, 3.05) is 19.6 Å². The molecule has 0 aromatic carbocycles. The highest BCUT2D eigenvalue weighted by molar-refractivity contribution is 5.06. The molecule has 1 aliphatic carbocycles. The summed E-state index contributed by atoms with van der Waals surface area (Å²) in [4.78, 5) is 2.73. The maximum atomic E-state index is 3.88. The van der Waals surface area contributed by atoms with Crippen molar-refractivity contribution in [2.24, 2.45) is 11.8 Å². The second-order valence-electron chi connectivity index (χ2n) is 7.24. The summed E-state index contributed by atoms with van der Waals surface area (Å²) >= 11 is 0. The van der Waals surface area contributed by atoms with Crippen molar-refractivity contribution in [3.05, 3.63) is 11.6 Å². The first kappa shape index (κ1) is 15.1. The minimum atomic E-state index is 0.361. The Hall–Kier alpha value is -0.340. The monoisotopic (exact) mass is 264 g/mol. The van der Waals surface area contributed by atoms with Crippen molar-refractivity contribution in [2.45, 2.75) is 65.5 Å². The van der Waals surface area contributed by atoms with Gasteiger partial charge in [-0.15, -0.1) is 0 Å². The average Bonchev–Trinajstić information content (AvgIpc) is 3.20. The largest absolute Gasteiger partial charge is 0.308 e. The van der Waals surface area contributed by atoms with Gasteiger partial charge in [0, 0.05) is 31.2 Å². The Kier molecular flexibility index (Phi) is 4.73. The molecule has 19 heavy (non-hydrogen) atoms. The molecule has 0 amide bonds. The van der Waals surface area contributed by atoms with Gasteiger partial charge in [-0.1, -0.05) is 31.9 Å². The molecule has 1 aliphatic heterocycles. The molecule has 1 saturated carbocycles. The van der Waals surface area contributed by atoms with Gasteiger partial charge in [0.15, 0.2) is 0 Å². The number of allylic oxidation sites excluding steroid dienone is 1. The number of rotatable bonds is 5. The van der Waals surface area contributed by atoms with Crippen molar-refractivity contribution in [1.29, 1.82) is 0 Å². The first-order valence-electron chi connectivity index (χ1n) is 8.08. The molecular weight excluding hydrogens is 232 g/mol. The minimum Gasteiger partial charge on any atom is -0.308 e. The van der Waals surface area contributed by atoms with Crippen LogP contribution < -0.4 is 5.32 Å². The molecule has 0 aromatic rings. The summed E-state index contributed by atoms with van der Waals surface area (Å²) in [7, 11) is 0. The van der Waals surface area contributed by atoms with Gasteiger partial charge < -0.3 is 5.32 Å². The molecule has 0 radical (unpaired) electrons. The van der Waals surface area contributed by atoms with E-state index in [0.29, 0.717) is 11.6 Å². The van der Waals surface area contributed by atoms with E-state index in [0.717, 1.165) is 18.4 Å². The molecule has 0 bridgehead atoms. The summed E-state index contributed by atoms with van der Waals surface area (Å²) in [6.07, 6.45) is 6.52. The van der Waals surface area contributed by atoms with Gasteiger partial charge in [-0.25, -0.2) is 0 Å². The van der Waals surface area contributed by atoms with E-state index in [1.165, 1.54) is 37.9 Å². The van der Waals surface area contributed by atoms with Crippen molar-refractivity contribution in [3.63, 3.8) is 0 Å². The van der Waals surface area contributed by atoms with Crippen LogP contribution in [0.4, 0.5) is 0 Å². The van der Waals surface area contributed by atoms with Crippen LogP contribution in [0.3, 0.4) is 0 Å². The zero-order valence-corrected chi connectivity index (χ0v) is 13.5. The summed E-state index contributed by atoms with van der Waals surface area (Å²) in [5, 5.41) is 3.88. The molecule has 1 heterocycles. The molecule has 0 aromatic heterocycles. The quantitative estimate of drug-likeness (QED) is 0.765. The van der Waals surface area contributed by atoms with E-state index in [-0.39, 0.29) is 0 Å². The summed E-state index contributed by atoms with van der Waals surface area (Å²) in [5.74, 6) is 1.70. The predicted octanol–water partition coefficient (Wildman–Crippen LogP) is 3.44. The van der Waals surface area contributed by atoms with Crippen LogP contribution in [-0.2, 0) is 0 Å². The highest BCUT2D eigenvalue weighted by atomic mass is 15.3. The van der Waals surface area contributed by atoms with Gasteiger partial charge >= 0.3 is 0 Å². The van der Waals surface area contributed by atoms with Crippen molar-refractivity contribution in [3.8, 4) is 0 Å². The van der Waals surface area contributed by atoms with E-state index in [2.05, 4.69) is 50.9 Å². The van der Waals surface area contributed by atoms with Crippen LogP contribution in [0.25, 0.3) is 0 Å². The lowest BCUT2D eigenvalue weighted by molar-refractivity contribution is 0.0570. The van der Waals surface area contributed by atoms with Gasteiger partial charge in [0.05, 0.1) is 0 Å². The number of nitrogens with zero attached hydrogens (tertiary/aromatic N) is 1. The number of nitrogens with one attached hydrogen (secondary N) is 1. The Morgan fingerprint density at radius 1 is 1.42 bits per heavy atom. The van der Waals surface area contributed by atoms with Crippen LogP contribution in [0.15, 0.2) is 11.6 Å². The molecule has 110 valence electrons. The highest BCUT2D eigenvalue weighted by Gasteiger charge is 2.46. The fourth-order valence-corrected chi connectivity index (χ4v) is 3.39. The van der Waals surface area contributed by atoms with E-state index in [4.69, 9.17) is 0 Å². The lowest BCUT2D eigenvalue weighted by Crippen LogP contribution is -2.65. The fourth-order valence-electron chi connectivity index (χ4n) is 3.39. The van der Waals surface area contributed by atoms with Crippen LogP contribution in [0.5, 0.6) is 0 Å². The minimum absolute atomic E-state index is 0.361. The molecule has 2 rings (SSSR count). The molecule has 2 aliphatic rings. The summed E-state index contributed by atoms with van der Waals surface area (Å²) < 4.78 is 0. The normalized spacial score (nSPS) is 34.1. The Morgan fingerprint density at radius 2 is 2.11 bits per heavy atom. The molecule has 1 N–H and O–H groups in total. The van der Waals surface area contributed by atoms with E-state index in [1.807, 2.05) is 0 Å². The molecular formula is C17H32N2. The SMILES string of the molecule is CCC(C)C1CNC(C)(C2CC2)CN1CC=C(C)C. The Morgan fingerprint density at radius 3 is 2.63 bits per heavy atom. The van der Waals surface area contributed by atoms with Gasteiger partial charge in [0.25, 0.3) is 0 Å². The molecule has 2 nitrogen and oxygen atoms in total. The third-order valence-corrected chi connectivity index (χ3v) is 5.23. The fraction of sp³-hybridized carbons (Fsp3) is 0.882. The van der Waals surface area contributed by atoms with Gasteiger partial charge in [-0.05, 0) is 45.4 Å². The van der Waals surface area contributed by atoms with Crippen LogP contribution in [0.1, 0.15) is 53.9 Å². The Labute approximate surface area is 119 Å². The van der Waals surface area contributed by atoms with E-state index in [9.17, 15) is 0 Å².